The number of nitrogens with zero attached hydrogens (tertiary/aromatic N) is 2. The minimum absolute atomic E-state index is 0.0641. The molecule has 0 spiro atoms. The number of hydrogen-bond acceptors (Lipinski definition) is 5. The van der Waals surface area contributed by atoms with Crippen molar-refractivity contribution in [1.82, 2.24) is 9.88 Å². The van der Waals surface area contributed by atoms with Crippen LogP contribution >= 0.6 is 11.3 Å². The Morgan fingerprint density at radius 2 is 1.88 bits per heavy atom. The maximum Gasteiger partial charge on any atom is 0.412 e. The number of nitrogens with one attached hydrogen (secondary N) is 1. The van der Waals surface area contributed by atoms with Gasteiger partial charge in [-0.05, 0) is 51.0 Å². The number of ether oxygens (including phenoxy) is 1. The molecule has 5 nitrogen and oxygen atoms in total. The Hall–Kier alpha value is -2.06. The van der Waals surface area contributed by atoms with E-state index >= 15 is 0 Å². The van der Waals surface area contributed by atoms with Gasteiger partial charge in [-0.2, -0.15) is 0 Å². The Morgan fingerprint density at radius 1 is 1.23 bits per heavy atom. The summed E-state index contributed by atoms with van der Waals surface area (Å²) in [5.41, 5.74) is 1.31. The van der Waals surface area contributed by atoms with Crippen LogP contribution in [-0.4, -0.2) is 42.2 Å². The molecule has 26 heavy (non-hydrogen) atoms. The van der Waals surface area contributed by atoms with E-state index in [-0.39, 0.29) is 21.7 Å². The highest BCUT2D eigenvalue weighted by Crippen LogP contribution is 2.40. The van der Waals surface area contributed by atoms with Crippen LogP contribution in [0.25, 0.3) is 10.4 Å². The highest BCUT2D eigenvalue weighted by molar-refractivity contribution is 7.13. The molecule has 0 radical (unpaired) electrons. The van der Waals surface area contributed by atoms with Crippen LogP contribution in [0.4, 0.5) is 19.4 Å². The van der Waals surface area contributed by atoms with Gasteiger partial charge in [-0.1, -0.05) is 6.07 Å². The maximum atomic E-state index is 14.0. The number of anilines is 1. The van der Waals surface area contributed by atoms with Gasteiger partial charge in [-0.15, -0.1) is 11.3 Å². The van der Waals surface area contributed by atoms with Crippen molar-refractivity contribution in [2.24, 2.45) is 5.41 Å². The number of aromatic nitrogens is 1. The van der Waals surface area contributed by atoms with Gasteiger partial charge < -0.3 is 9.64 Å². The largest absolute Gasteiger partial charge is 0.449 e. The van der Waals surface area contributed by atoms with E-state index in [1.807, 2.05) is 0 Å². The van der Waals surface area contributed by atoms with Gasteiger partial charge in [0.2, 0.25) is 0 Å². The topological polar surface area (TPSA) is 54.5 Å². The molecule has 3 fully saturated rings. The SMILES string of the molecule is O=C(Nc1ncsc1-c1c(F)cccc1F)OCC12CCN(CC1)CC2. The van der Waals surface area contributed by atoms with Crippen LogP contribution in [0.2, 0.25) is 0 Å². The molecule has 5 rings (SSSR count). The third-order valence-electron chi connectivity index (χ3n) is 5.36. The molecule has 1 N–H and O–H groups in total. The smallest absolute Gasteiger partial charge is 0.412 e. The summed E-state index contributed by atoms with van der Waals surface area (Å²) in [7, 11) is 0. The van der Waals surface area contributed by atoms with Gasteiger partial charge in [-0.25, -0.2) is 18.6 Å². The molecule has 2 aromatic rings. The Bertz CT molecular complexity index is 784. The van der Waals surface area contributed by atoms with Crippen molar-refractivity contribution in [2.75, 3.05) is 31.6 Å². The van der Waals surface area contributed by atoms with Crippen LogP contribution < -0.4 is 5.32 Å². The number of hydrogen-bond donors (Lipinski definition) is 1. The molecule has 2 bridgehead atoms. The minimum Gasteiger partial charge on any atom is -0.449 e. The number of benzene rings is 1. The van der Waals surface area contributed by atoms with Gasteiger partial charge in [0.05, 0.1) is 22.6 Å². The number of carbonyl (C=O) groups is 1. The van der Waals surface area contributed by atoms with Crippen molar-refractivity contribution in [3.8, 4) is 10.4 Å². The van der Waals surface area contributed by atoms with Crippen LogP contribution in [0.15, 0.2) is 23.7 Å². The van der Waals surface area contributed by atoms with Crippen LogP contribution in [0, 0.1) is 17.0 Å². The van der Waals surface area contributed by atoms with Crippen molar-refractivity contribution in [2.45, 2.75) is 19.3 Å². The lowest BCUT2D eigenvalue weighted by Gasteiger charge is -2.47. The second-order valence-electron chi connectivity index (χ2n) is 6.92. The summed E-state index contributed by atoms with van der Waals surface area (Å²) in [6, 6.07) is 3.65. The van der Waals surface area contributed by atoms with Gasteiger partial charge >= 0.3 is 6.09 Å². The number of thiazole rings is 1. The molecule has 0 atom stereocenters. The molecular formula is C18H19F2N3O2S. The van der Waals surface area contributed by atoms with Gasteiger partial charge in [0, 0.05) is 5.41 Å². The first-order valence-corrected chi connectivity index (χ1v) is 9.48. The minimum atomic E-state index is -0.696. The summed E-state index contributed by atoms with van der Waals surface area (Å²) in [4.78, 5) is 18.9. The number of amides is 1. The molecule has 4 heterocycles. The van der Waals surface area contributed by atoms with Gasteiger partial charge in [0.25, 0.3) is 0 Å². The van der Waals surface area contributed by atoms with Crippen LogP contribution in [-0.2, 0) is 4.74 Å². The quantitative estimate of drug-likeness (QED) is 0.868. The van der Waals surface area contributed by atoms with Crippen LogP contribution in [0.1, 0.15) is 19.3 Å². The predicted molar refractivity (Wildman–Crippen MR) is 95.2 cm³/mol. The number of carbonyl (C=O) groups excluding carboxylic acids is 1. The molecule has 0 unspecified atom stereocenters. The molecule has 3 aliphatic heterocycles. The van der Waals surface area contributed by atoms with Crippen LogP contribution in [0.5, 0.6) is 0 Å². The number of rotatable bonds is 4. The molecule has 0 aliphatic carbocycles. The average molecular weight is 379 g/mol. The molecule has 3 saturated heterocycles. The summed E-state index contributed by atoms with van der Waals surface area (Å²) in [5, 5.41) is 2.53. The first-order valence-electron chi connectivity index (χ1n) is 8.60. The summed E-state index contributed by atoms with van der Waals surface area (Å²) >= 11 is 1.06. The molecule has 0 saturated carbocycles. The lowest BCUT2D eigenvalue weighted by atomic mass is 9.73. The van der Waals surface area contributed by atoms with E-state index in [1.165, 1.54) is 23.7 Å². The highest BCUT2D eigenvalue weighted by Gasteiger charge is 2.40. The normalized spacial score (nSPS) is 24.5. The third kappa shape index (κ3) is 3.31. The zero-order chi connectivity index (χ0) is 18.1. The van der Waals surface area contributed by atoms with Gasteiger partial charge in [0.1, 0.15) is 11.6 Å². The van der Waals surface area contributed by atoms with Crippen molar-refractivity contribution in [3.05, 3.63) is 35.3 Å². The summed E-state index contributed by atoms with van der Waals surface area (Å²) in [5.74, 6) is -1.28. The number of piperidine rings is 3. The fraction of sp³-hybridized carbons (Fsp3) is 0.444. The first-order chi connectivity index (χ1) is 12.6. The van der Waals surface area contributed by atoms with E-state index in [0.717, 1.165) is 50.2 Å². The lowest BCUT2D eigenvalue weighted by molar-refractivity contribution is -0.0190. The number of fused-ring (bicyclic) bond motifs is 3. The fourth-order valence-corrected chi connectivity index (χ4v) is 4.48. The highest BCUT2D eigenvalue weighted by atomic mass is 32.1. The van der Waals surface area contributed by atoms with Crippen molar-refractivity contribution in [1.29, 1.82) is 0 Å². The van der Waals surface area contributed by atoms with E-state index in [2.05, 4.69) is 15.2 Å². The van der Waals surface area contributed by atoms with Crippen LogP contribution in [0.3, 0.4) is 0 Å². The predicted octanol–water partition coefficient (Wildman–Crippen LogP) is 4.12. The van der Waals surface area contributed by atoms with E-state index in [0.29, 0.717) is 6.61 Å². The third-order valence-corrected chi connectivity index (χ3v) is 6.21. The summed E-state index contributed by atoms with van der Waals surface area (Å²) in [6.07, 6.45) is 2.45. The van der Waals surface area contributed by atoms with E-state index < -0.39 is 17.7 Å². The standard InChI is InChI=1S/C18H19F2N3O2S/c19-12-2-1-3-13(20)14(12)15-16(21-11-26-15)22-17(24)25-10-18-4-7-23(8-5-18)9-6-18/h1-3,11H,4-10H2,(H,22,24). The summed E-state index contributed by atoms with van der Waals surface area (Å²) in [6.45, 7) is 3.51. The second-order valence-corrected chi connectivity index (χ2v) is 7.77. The molecule has 3 aliphatic rings. The Labute approximate surface area is 154 Å². The molecule has 138 valence electrons. The molecule has 8 heteroatoms. The number of halogens is 2. The molecule has 1 aromatic heterocycles. The molecule has 1 aromatic carbocycles. The summed E-state index contributed by atoms with van der Waals surface area (Å²) < 4.78 is 33.5. The van der Waals surface area contributed by atoms with E-state index in [9.17, 15) is 13.6 Å². The van der Waals surface area contributed by atoms with Gasteiger partial charge in [-0.3, -0.25) is 5.32 Å². The zero-order valence-corrected chi connectivity index (χ0v) is 15.0. The molecule has 1 amide bonds. The maximum absolute atomic E-state index is 14.0. The first kappa shape index (κ1) is 17.4. The van der Waals surface area contributed by atoms with Crippen molar-refractivity contribution < 1.29 is 18.3 Å². The van der Waals surface area contributed by atoms with E-state index in [1.54, 1.807) is 0 Å². The van der Waals surface area contributed by atoms with Crippen molar-refractivity contribution >= 4 is 23.2 Å². The Kier molecular flexibility index (Phi) is 4.62. The second kappa shape index (κ2) is 6.92. The fourth-order valence-electron chi connectivity index (χ4n) is 3.69. The zero-order valence-electron chi connectivity index (χ0n) is 14.1. The van der Waals surface area contributed by atoms with E-state index in [4.69, 9.17) is 4.74 Å². The Balaban J connectivity index is 1.43. The molecular weight excluding hydrogens is 360 g/mol. The lowest BCUT2D eigenvalue weighted by Crippen LogP contribution is -2.50. The van der Waals surface area contributed by atoms with Gasteiger partial charge in [0.15, 0.2) is 5.82 Å². The monoisotopic (exact) mass is 379 g/mol. The average Bonchev–Trinajstić information content (AvgIpc) is 3.09. The Morgan fingerprint density at radius 3 is 2.54 bits per heavy atom. The van der Waals surface area contributed by atoms with Crippen molar-refractivity contribution in [3.63, 3.8) is 0 Å².